The fourth-order valence-corrected chi connectivity index (χ4v) is 2.94. The number of nitrogens with one attached hydrogen (secondary N) is 2. The van der Waals surface area contributed by atoms with Crippen molar-refractivity contribution in [2.75, 3.05) is 31.1 Å². The second kappa shape index (κ2) is 3.33. The molecule has 1 spiro atoms. The van der Waals surface area contributed by atoms with Crippen LogP contribution in [-0.4, -0.2) is 36.7 Å². The summed E-state index contributed by atoms with van der Waals surface area (Å²) in [4.78, 5) is 0. The second-order valence-corrected chi connectivity index (χ2v) is 4.72. The lowest BCUT2D eigenvalue weighted by Gasteiger charge is -2.27. The lowest BCUT2D eigenvalue weighted by molar-refractivity contribution is 0.358. The van der Waals surface area contributed by atoms with E-state index in [0.29, 0.717) is 5.54 Å². The molecule has 2 aliphatic rings. The van der Waals surface area contributed by atoms with Crippen molar-refractivity contribution in [3.8, 4) is 0 Å². The Labute approximate surface area is 72.5 Å². The van der Waals surface area contributed by atoms with Gasteiger partial charge in [0.25, 0.3) is 0 Å². The molecular weight excluding hydrogens is 156 g/mol. The van der Waals surface area contributed by atoms with E-state index in [4.69, 9.17) is 0 Å². The predicted molar refractivity (Wildman–Crippen MR) is 50.2 cm³/mol. The van der Waals surface area contributed by atoms with Crippen LogP contribution in [0.25, 0.3) is 0 Å². The molecule has 64 valence electrons. The van der Waals surface area contributed by atoms with Crippen LogP contribution in [0.15, 0.2) is 0 Å². The van der Waals surface area contributed by atoms with Gasteiger partial charge < -0.3 is 10.6 Å². The standard InChI is InChI=1S/C8H16N2S/c1-3-9-7-8(1)2-5-11-6-4-10-8/h9-10H,1-7H2. The maximum atomic E-state index is 3.67. The monoisotopic (exact) mass is 172 g/mol. The fourth-order valence-electron chi connectivity index (χ4n) is 1.95. The van der Waals surface area contributed by atoms with Crippen LogP contribution in [0.4, 0.5) is 0 Å². The van der Waals surface area contributed by atoms with Crippen molar-refractivity contribution in [1.29, 1.82) is 0 Å². The minimum Gasteiger partial charge on any atom is -0.315 e. The normalized spacial score (nSPS) is 39.3. The third-order valence-corrected chi connectivity index (χ3v) is 3.70. The van der Waals surface area contributed by atoms with Gasteiger partial charge in [-0.15, -0.1) is 0 Å². The van der Waals surface area contributed by atoms with Gasteiger partial charge in [-0.05, 0) is 25.1 Å². The zero-order valence-electron chi connectivity index (χ0n) is 6.86. The Bertz CT molecular complexity index is 122. The maximum Gasteiger partial charge on any atom is 0.0326 e. The van der Waals surface area contributed by atoms with Gasteiger partial charge in [0.05, 0.1) is 0 Å². The Morgan fingerprint density at radius 1 is 1.09 bits per heavy atom. The molecule has 0 bridgehead atoms. The van der Waals surface area contributed by atoms with Crippen LogP contribution in [-0.2, 0) is 0 Å². The topological polar surface area (TPSA) is 24.1 Å². The lowest BCUT2D eigenvalue weighted by Crippen LogP contribution is -2.47. The van der Waals surface area contributed by atoms with Crippen LogP contribution in [0.1, 0.15) is 12.8 Å². The highest BCUT2D eigenvalue weighted by Gasteiger charge is 2.33. The highest BCUT2D eigenvalue weighted by molar-refractivity contribution is 7.99. The summed E-state index contributed by atoms with van der Waals surface area (Å²) in [5, 5.41) is 7.11. The minimum atomic E-state index is 0.476. The van der Waals surface area contributed by atoms with Crippen LogP contribution >= 0.6 is 11.8 Å². The number of thioether (sulfide) groups is 1. The molecule has 0 aliphatic carbocycles. The largest absolute Gasteiger partial charge is 0.315 e. The van der Waals surface area contributed by atoms with Gasteiger partial charge in [-0.25, -0.2) is 0 Å². The van der Waals surface area contributed by atoms with E-state index in [9.17, 15) is 0 Å². The summed E-state index contributed by atoms with van der Waals surface area (Å²) < 4.78 is 0. The molecule has 1 atom stereocenters. The fraction of sp³-hybridized carbons (Fsp3) is 1.00. The van der Waals surface area contributed by atoms with Gasteiger partial charge in [-0.1, -0.05) is 0 Å². The van der Waals surface area contributed by atoms with Gasteiger partial charge >= 0.3 is 0 Å². The van der Waals surface area contributed by atoms with E-state index < -0.39 is 0 Å². The Morgan fingerprint density at radius 2 is 2.09 bits per heavy atom. The van der Waals surface area contributed by atoms with Gasteiger partial charge in [-0.3, -0.25) is 0 Å². The average Bonchev–Trinajstić information content (AvgIpc) is 2.32. The third kappa shape index (κ3) is 1.71. The summed E-state index contributed by atoms with van der Waals surface area (Å²) in [6.45, 7) is 3.59. The molecule has 0 aromatic heterocycles. The molecule has 0 saturated carbocycles. The highest BCUT2D eigenvalue weighted by atomic mass is 32.2. The van der Waals surface area contributed by atoms with Crippen LogP contribution in [0.2, 0.25) is 0 Å². The Morgan fingerprint density at radius 3 is 2.91 bits per heavy atom. The molecule has 0 radical (unpaired) electrons. The van der Waals surface area contributed by atoms with Crippen molar-refractivity contribution in [2.45, 2.75) is 18.4 Å². The first-order chi connectivity index (χ1) is 5.41. The van der Waals surface area contributed by atoms with Crippen LogP contribution in [0, 0.1) is 0 Å². The predicted octanol–water partition coefficient (Wildman–Crippen LogP) is 0.445. The molecule has 2 heterocycles. The van der Waals surface area contributed by atoms with Crippen LogP contribution in [0.5, 0.6) is 0 Å². The summed E-state index contributed by atoms with van der Waals surface area (Å²) in [5.74, 6) is 2.64. The van der Waals surface area contributed by atoms with Crippen LogP contribution < -0.4 is 10.6 Å². The van der Waals surface area contributed by atoms with Crippen molar-refractivity contribution in [3.05, 3.63) is 0 Å². The number of hydrogen-bond donors (Lipinski definition) is 2. The van der Waals surface area contributed by atoms with Gasteiger partial charge in [0.15, 0.2) is 0 Å². The number of hydrogen-bond acceptors (Lipinski definition) is 3. The molecule has 0 amide bonds. The summed E-state index contributed by atoms with van der Waals surface area (Å²) in [5.41, 5.74) is 0.476. The molecule has 2 saturated heterocycles. The second-order valence-electron chi connectivity index (χ2n) is 3.50. The first kappa shape index (κ1) is 7.90. The maximum absolute atomic E-state index is 3.67. The van der Waals surface area contributed by atoms with Crippen molar-refractivity contribution >= 4 is 11.8 Å². The summed E-state index contributed by atoms with van der Waals surface area (Å²) in [6, 6.07) is 0. The zero-order chi connectivity index (χ0) is 7.57. The first-order valence-electron chi connectivity index (χ1n) is 4.45. The van der Waals surface area contributed by atoms with E-state index in [1.165, 1.54) is 44.0 Å². The van der Waals surface area contributed by atoms with Gasteiger partial charge in [0.2, 0.25) is 0 Å². The Balaban J connectivity index is 1.97. The molecule has 2 rings (SSSR count). The zero-order valence-corrected chi connectivity index (χ0v) is 7.67. The van der Waals surface area contributed by atoms with Crippen molar-refractivity contribution in [3.63, 3.8) is 0 Å². The SMILES string of the molecule is C1CC2(CCSCCN2)CN1. The quantitative estimate of drug-likeness (QED) is 0.554. The summed E-state index contributed by atoms with van der Waals surface area (Å²) in [7, 11) is 0. The molecule has 2 N–H and O–H groups in total. The summed E-state index contributed by atoms with van der Waals surface area (Å²) >= 11 is 2.09. The number of rotatable bonds is 0. The molecule has 2 fully saturated rings. The van der Waals surface area contributed by atoms with Gasteiger partial charge in [0, 0.05) is 24.4 Å². The van der Waals surface area contributed by atoms with Gasteiger partial charge in [0.1, 0.15) is 0 Å². The van der Waals surface area contributed by atoms with E-state index in [1.54, 1.807) is 0 Å². The first-order valence-corrected chi connectivity index (χ1v) is 5.60. The van der Waals surface area contributed by atoms with Crippen molar-refractivity contribution in [1.82, 2.24) is 10.6 Å². The molecular formula is C8H16N2S. The van der Waals surface area contributed by atoms with Crippen LogP contribution in [0.3, 0.4) is 0 Å². The highest BCUT2D eigenvalue weighted by Crippen LogP contribution is 2.23. The molecule has 11 heavy (non-hydrogen) atoms. The Kier molecular flexibility index (Phi) is 2.39. The van der Waals surface area contributed by atoms with E-state index >= 15 is 0 Å². The molecule has 2 aliphatic heterocycles. The van der Waals surface area contributed by atoms with E-state index in [-0.39, 0.29) is 0 Å². The Hall–Kier alpha value is 0.270. The van der Waals surface area contributed by atoms with Crippen molar-refractivity contribution < 1.29 is 0 Å². The van der Waals surface area contributed by atoms with E-state index in [2.05, 4.69) is 22.4 Å². The third-order valence-electron chi connectivity index (χ3n) is 2.72. The van der Waals surface area contributed by atoms with Gasteiger partial charge in [-0.2, -0.15) is 11.8 Å². The molecule has 1 unspecified atom stereocenters. The summed E-state index contributed by atoms with van der Waals surface area (Å²) in [6.07, 6.45) is 2.68. The smallest absolute Gasteiger partial charge is 0.0326 e. The molecule has 0 aromatic carbocycles. The lowest BCUT2D eigenvalue weighted by atomic mass is 9.95. The van der Waals surface area contributed by atoms with Crippen molar-refractivity contribution in [2.24, 2.45) is 0 Å². The minimum absolute atomic E-state index is 0.476. The van der Waals surface area contributed by atoms with E-state index in [0.717, 1.165) is 0 Å². The molecule has 0 aromatic rings. The average molecular weight is 172 g/mol. The molecule has 3 heteroatoms. The molecule has 2 nitrogen and oxygen atoms in total. The van der Waals surface area contributed by atoms with E-state index in [1.807, 2.05) is 0 Å².